The first-order valence-electron chi connectivity index (χ1n) is 9.77. The number of rotatable bonds is 7. The zero-order valence-corrected chi connectivity index (χ0v) is 16.7. The molecule has 2 unspecified atom stereocenters. The zero-order valence-electron chi connectivity index (χ0n) is 16.7. The highest BCUT2D eigenvalue weighted by Gasteiger charge is 2.56. The van der Waals surface area contributed by atoms with Crippen molar-refractivity contribution in [3.8, 4) is 0 Å². The Balaban J connectivity index is 2.47. The number of halogens is 5. The molecule has 2 atom stereocenters. The first kappa shape index (κ1) is 22.9. The monoisotopic (exact) mass is 436 g/mol. The summed E-state index contributed by atoms with van der Waals surface area (Å²) in [5.41, 5.74) is -7.06. The minimum Gasteiger partial charge on any atom is -0.381 e. The molecule has 3 aromatic rings. The largest absolute Gasteiger partial charge is 0.381 e. The van der Waals surface area contributed by atoms with Gasteiger partial charge in [0.2, 0.25) is 5.82 Å². The van der Waals surface area contributed by atoms with Gasteiger partial charge in [0.15, 0.2) is 28.9 Å². The summed E-state index contributed by atoms with van der Waals surface area (Å²) in [4.78, 5) is 0. The molecule has 2 nitrogen and oxygen atoms in total. The molecule has 0 saturated carbocycles. The molecule has 0 amide bonds. The van der Waals surface area contributed by atoms with Crippen LogP contribution in [0, 0.1) is 29.1 Å². The van der Waals surface area contributed by atoms with Crippen LogP contribution in [0.1, 0.15) is 42.9 Å². The third-order valence-corrected chi connectivity index (χ3v) is 5.51. The maximum Gasteiger partial charge on any atom is 0.200 e. The molecule has 2 N–H and O–H groups in total. The van der Waals surface area contributed by atoms with Gasteiger partial charge >= 0.3 is 0 Å². The Kier molecular flexibility index (Phi) is 6.48. The van der Waals surface area contributed by atoms with E-state index in [1.165, 1.54) is 48.5 Å². The minimum atomic E-state index is -2.99. The van der Waals surface area contributed by atoms with Crippen LogP contribution in [-0.4, -0.2) is 10.2 Å². The van der Waals surface area contributed by atoms with Gasteiger partial charge in [0, 0.05) is 0 Å². The van der Waals surface area contributed by atoms with Gasteiger partial charge in [-0.05, 0) is 17.5 Å². The molecule has 0 aliphatic carbocycles. The van der Waals surface area contributed by atoms with E-state index in [0.29, 0.717) is 12.8 Å². The molecule has 0 fully saturated rings. The lowest BCUT2D eigenvalue weighted by atomic mass is 9.67. The second-order valence-electron chi connectivity index (χ2n) is 7.35. The van der Waals surface area contributed by atoms with Gasteiger partial charge < -0.3 is 10.2 Å². The lowest BCUT2D eigenvalue weighted by Crippen LogP contribution is -2.51. The van der Waals surface area contributed by atoms with Crippen LogP contribution < -0.4 is 0 Å². The molecule has 3 rings (SSSR count). The number of hydrogen-bond donors (Lipinski definition) is 2. The molecule has 0 spiro atoms. The van der Waals surface area contributed by atoms with Gasteiger partial charge in [-0.25, -0.2) is 22.0 Å². The van der Waals surface area contributed by atoms with Crippen LogP contribution in [0.5, 0.6) is 0 Å². The van der Waals surface area contributed by atoms with Crippen molar-refractivity contribution >= 4 is 0 Å². The Morgan fingerprint density at radius 2 is 1.06 bits per heavy atom. The van der Waals surface area contributed by atoms with E-state index in [2.05, 4.69) is 0 Å². The Bertz CT molecular complexity index is 1030. The van der Waals surface area contributed by atoms with E-state index < -0.39 is 45.9 Å². The van der Waals surface area contributed by atoms with Gasteiger partial charge in [0.05, 0.1) is 5.56 Å². The average Bonchev–Trinajstić information content (AvgIpc) is 2.80. The van der Waals surface area contributed by atoms with Crippen LogP contribution in [0.2, 0.25) is 0 Å². The fourth-order valence-electron chi connectivity index (χ4n) is 3.87. The summed E-state index contributed by atoms with van der Waals surface area (Å²) in [6.45, 7) is 1.80. The summed E-state index contributed by atoms with van der Waals surface area (Å²) in [7, 11) is 0. The van der Waals surface area contributed by atoms with E-state index in [1.54, 1.807) is 19.1 Å². The van der Waals surface area contributed by atoms with Crippen LogP contribution in [0.25, 0.3) is 0 Å². The van der Waals surface area contributed by atoms with E-state index >= 15 is 0 Å². The molecule has 0 saturated heterocycles. The Hall–Kier alpha value is -2.77. The highest BCUT2D eigenvalue weighted by Crippen LogP contribution is 2.50. The van der Waals surface area contributed by atoms with Crippen molar-refractivity contribution in [1.82, 2.24) is 0 Å². The first-order chi connectivity index (χ1) is 14.7. The zero-order chi connectivity index (χ0) is 22.8. The van der Waals surface area contributed by atoms with Gasteiger partial charge in [-0.3, -0.25) is 0 Å². The van der Waals surface area contributed by atoms with Crippen molar-refractivity contribution in [2.45, 2.75) is 37.4 Å². The van der Waals surface area contributed by atoms with E-state index in [4.69, 9.17) is 0 Å². The van der Waals surface area contributed by atoms with Crippen molar-refractivity contribution < 1.29 is 32.2 Å². The molecule has 0 heterocycles. The Morgan fingerprint density at radius 3 is 1.52 bits per heavy atom. The second-order valence-corrected chi connectivity index (χ2v) is 7.35. The summed E-state index contributed by atoms with van der Waals surface area (Å²) >= 11 is 0. The van der Waals surface area contributed by atoms with E-state index in [0.717, 1.165) is 0 Å². The molecular formula is C24H21F5O2. The molecular weight excluding hydrogens is 415 g/mol. The molecule has 0 radical (unpaired) electrons. The number of benzene rings is 3. The van der Waals surface area contributed by atoms with Crippen LogP contribution in [0.4, 0.5) is 22.0 Å². The van der Waals surface area contributed by atoms with Gasteiger partial charge in [0.25, 0.3) is 0 Å². The van der Waals surface area contributed by atoms with E-state index in [9.17, 15) is 32.2 Å². The van der Waals surface area contributed by atoms with Crippen LogP contribution in [0.15, 0.2) is 60.7 Å². The normalized spacial score (nSPS) is 15.4. The van der Waals surface area contributed by atoms with Crippen LogP contribution >= 0.6 is 0 Å². The summed E-state index contributed by atoms with van der Waals surface area (Å²) in [6, 6.07) is 14.5. The van der Waals surface area contributed by atoms with Gasteiger partial charge in [-0.2, -0.15) is 0 Å². The Labute approximate surface area is 176 Å². The molecule has 0 bridgehead atoms. The topological polar surface area (TPSA) is 40.5 Å². The lowest BCUT2D eigenvalue weighted by molar-refractivity contribution is -0.149. The minimum absolute atomic E-state index is 0.0683. The van der Waals surface area contributed by atoms with Crippen molar-refractivity contribution in [1.29, 1.82) is 0 Å². The van der Waals surface area contributed by atoms with E-state index in [1.807, 2.05) is 0 Å². The molecule has 31 heavy (non-hydrogen) atoms. The molecule has 7 heteroatoms. The highest BCUT2D eigenvalue weighted by molar-refractivity contribution is 5.45. The van der Waals surface area contributed by atoms with Gasteiger partial charge in [0.1, 0.15) is 5.60 Å². The summed E-state index contributed by atoms with van der Waals surface area (Å²) in [5.74, 6) is -11.1. The smallest absolute Gasteiger partial charge is 0.200 e. The first-order valence-corrected chi connectivity index (χ1v) is 9.77. The number of unbranched alkanes of at least 4 members (excludes halogenated alkanes) is 1. The summed E-state index contributed by atoms with van der Waals surface area (Å²) < 4.78 is 71.9. The third-order valence-electron chi connectivity index (χ3n) is 5.51. The van der Waals surface area contributed by atoms with Crippen LogP contribution in [0.3, 0.4) is 0 Å². The Morgan fingerprint density at radius 1 is 0.645 bits per heavy atom. The lowest BCUT2D eigenvalue weighted by Gasteiger charge is -2.45. The fourth-order valence-corrected chi connectivity index (χ4v) is 3.87. The number of hydrogen-bond acceptors (Lipinski definition) is 2. The van der Waals surface area contributed by atoms with Crippen molar-refractivity contribution in [3.05, 3.63) is 106 Å². The maximum atomic E-state index is 15.0. The SMILES string of the molecule is CCCCC(O)(c1ccccc1)C(O)(c1ccccc1)c1c(F)c(F)c(F)c(F)c1F. The molecule has 0 aliphatic rings. The second kappa shape index (κ2) is 8.77. The fraction of sp³-hybridized carbons (Fsp3) is 0.250. The third kappa shape index (κ3) is 3.62. The van der Waals surface area contributed by atoms with Gasteiger partial charge in [-0.1, -0.05) is 80.4 Å². The maximum absolute atomic E-state index is 15.0. The van der Waals surface area contributed by atoms with Crippen molar-refractivity contribution in [2.24, 2.45) is 0 Å². The number of aliphatic hydroxyl groups is 2. The van der Waals surface area contributed by atoms with E-state index in [-0.39, 0.29) is 17.5 Å². The summed E-state index contributed by atoms with van der Waals surface area (Å²) in [5, 5.41) is 23.7. The van der Waals surface area contributed by atoms with Crippen molar-refractivity contribution in [2.75, 3.05) is 0 Å². The predicted molar refractivity (Wildman–Crippen MR) is 106 cm³/mol. The highest BCUT2D eigenvalue weighted by atomic mass is 19.2. The summed E-state index contributed by atoms with van der Waals surface area (Å²) in [6.07, 6.45) is 0.630. The quantitative estimate of drug-likeness (QED) is 0.284. The average molecular weight is 436 g/mol. The molecule has 0 aromatic heterocycles. The molecule has 164 valence electrons. The molecule has 0 aliphatic heterocycles. The van der Waals surface area contributed by atoms with Crippen LogP contribution in [-0.2, 0) is 11.2 Å². The predicted octanol–water partition coefficient (Wildman–Crippen LogP) is 5.70. The van der Waals surface area contributed by atoms with Crippen molar-refractivity contribution in [3.63, 3.8) is 0 Å². The molecule has 3 aromatic carbocycles. The standard InChI is InChI=1S/C24H21F5O2/c1-2-3-14-23(30,15-10-6-4-7-11-15)24(31,16-12-8-5-9-13-16)17-18(25)20(27)22(29)21(28)19(17)26/h4-13,30-31H,2-3,14H2,1H3. The van der Waals surface area contributed by atoms with Gasteiger partial charge in [-0.15, -0.1) is 0 Å².